The van der Waals surface area contributed by atoms with Gasteiger partial charge in [-0.3, -0.25) is 19.8 Å². The van der Waals surface area contributed by atoms with Gasteiger partial charge < -0.3 is 4.42 Å². The van der Waals surface area contributed by atoms with Crippen molar-refractivity contribution < 1.29 is 14.0 Å². The van der Waals surface area contributed by atoms with Crippen LogP contribution in [0.2, 0.25) is 0 Å². The average Bonchev–Trinajstić information content (AvgIpc) is 2.88. The van der Waals surface area contributed by atoms with Crippen LogP contribution in [0.5, 0.6) is 0 Å². The smallest absolute Gasteiger partial charge is 0.246 e. The minimum absolute atomic E-state index is 0.138. The lowest BCUT2D eigenvalue weighted by Gasteiger charge is -2.09. The largest absolute Gasteiger partial charge is 0.465 e. The molecule has 1 fully saturated rings. The van der Waals surface area contributed by atoms with Crippen LogP contribution in [-0.4, -0.2) is 29.8 Å². The van der Waals surface area contributed by atoms with Crippen molar-refractivity contribution in [1.82, 2.24) is 10.2 Å². The summed E-state index contributed by atoms with van der Waals surface area (Å²) in [5.74, 6) is 1.41. The fourth-order valence-corrected chi connectivity index (χ4v) is 1.85. The van der Waals surface area contributed by atoms with Gasteiger partial charge in [-0.15, -0.1) is 0 Å². The van der Waals surface area contributed by atoms with E-state index in [1.807, 2.05) is 19.1 Å². The molecule has 17 heavy (non-hydrogen) atoms. The molecule has 1 aliphatic heterocycles. The Morgan fingerprint density at radius 3 is 2.65 bits per heavy atom. The lowest BCUT2D eigenvalue weighted by Crippen LogP contribution is -2.36. The Bertz CT molecular complexity index is 439. The third kappa shape index (κ3) is 2.39. The minimum Gasteiger partial charge on any atom is -0.465 e. The van der Waals surface area contributed by atoms with Gasteiger partial charge in [0.05, 0.1) is 19.0 Å². The molecule has 0 bridgehead atoms. The van der Waals surface area contributed by atoms with Crippen LogP contribution in [0.25, 0.3) is 0 Å². The normalized spacial score (nSPS) is 20.4. The van der Waals surface area contributed by atoms with Gasteiger partial charge in [-0.1, -0.05) is 6.92 Å². The van der Waals surface area contributed by atoms with E-state index in [1.54, 1.807) is 0 Å². The first-order valence-electron chi connectivity index (χ1n) is 5.73. The molecule has 1 aromatic rings. The van der Waals surface area contributed by atoms with Gasteiger partial charge in [-0.2, -0.15) is 0 Å². The van der Waals surface area contributed by atoms with Gasteiger partial charge in [0, 0.05) is 13.5 Å². The highest BCUT2D eigenvalue weighted by molar-refractivity contribution is 6.05. The number of nitrogens with zero attached hydrogens (tertiary/aromatic N) is 1. The molecule has 2 amide bonds. The first kappa shape index (κ1) is 11.9. The lowest BCUT2D eigenvalue weighted by atomic mass is 10.2. The second-order valence-electron chi connectivity index (χ2n) is 4.15. The summed E-state index contributed by atoms with van der Waals surface area (Å²) in [5.41, 5.74) is 0. The molecule has 0 aromatic carbocycles. The van der Waals surface area contributed by atoms with E-state index in [0.29, 0.717) is 6.54 Å². The van der Waals surface area contributed by atoms with Crippen LogP contribution in [0, 0.1) is 0 Å². The first-order valence-corrected chi connectivity index (χ1v) is 5.73. The third-order valence-corrected chi connectivity index (χ3v) is 2.97. The van der Waals surface area contributed by atoms with Gasteiger partial charge in [0.2, 0.25) is 11.8 Å². The number of furan rings is 1. The number of carbonyl (C=O) groups excluding carboxylic acids is 2. The quantitative estimate of drug-likeness (QED) is 0.781. The number of carbonyl (C=O) groups is 2. The van der Waals surface area contributed by atoms with Gasteiger partial charge in [0.25, 0.3) is 0 Å². The highest BCUT2D eigenvalue weighted by atomic mass is 16.3. The first-order chi connectivity index (χ1) is 8.11. The fourth-order valence-electron chi connectivity index (χ4n) is 1.85. The maximum Gasteiger partial charge on any atom is 0.246 e. The predicted molar refractivity (Wildman–Crippen MR) is 61.1 cm³/mol. The van der Waals surface area contributed by atoms with Crippen LogP contribution in [-0.2, 0) is 22.6 Å². The lowest BCUT2D eigenvalue weighted by molar-refractivity contribution is -0.137. The molecule has 5 nitrogen and oxygen atoms in total. The zero-order valence-electron chi connectivity index (χ0n) is 10.0. The average molecular weight is 236 g/mol. The molecule has 2 heterocycles. The molecule has 5 heteroatoms. The van der Waals surface area contributed by atoms with Crippen LogP contribution in [0.15, 0.2) is 16.5 Å². The van der Waals surface area contributed by atoms with E-state index < -0.39 is 6.04 Å². The molecule has 1 unspecified atom stereocenters. The standard InChI is InChI=1S/C12H16N2O3/c1-3-8-4-5-9(17-8)7-13-10-6-11(15)14(2)12(10)16/h4-5,10,13H,3,6-7H2,1-2H3. The molecule has 0 radical (unpaired) electrons. The maximum atomic E-state index is 11.6. The van der Waals surface area contributed by atoms with E-state index >= 15 is 0 Å². The zero-order chi connectivity index (χ0) is 12.4. The van der Waals surface area contributed by atoms with Crippen molar-refractivity contribution in [3.8, 4) is 0 Å². The molecule has 2 rings (SSSR count). The number of likely N-dealkylation sites (tertiary alicyclic amines) is 1. The van der Waals surface area contributed by atoms with E-state index in [-0.39, 0.29) is 18.2 Å². The molecular weight excluding hydrogens is 220 g/mol. The summed E-state index contributed by atoms with van der Waals surface area (Å²) in [6.07, 6.45) is 1.08. The molecule has 1 aromatic heterocycles. The number of likely N-dealkylation sites (N-methyl/N-ethyl adjacent to an activating group) is 1. The summed E-state index contributed by atoms with van der Waals surface area (Å²) in [5, 5.41) is 3.04. The number of hydrogen-bond donors (Lipinski definition) is 1. The summed E-state index contributed by atoms with van der Waals surface area (Å²) in [6, 6.07) is 3.39. The van der Waals surface area contributed by atoms with E-state index in [9.17, 15) is 9.59 Å². The Kier molecular flexibility index (Phi) is 3.28. The van der Waals surface area contributed by atoms with Crippen molar-refractivity contribution >= 4 is 11.8 Å². The van der Waals surface area contributed by atoms with Crippen molar-refractivity contribution in [2.75, 3.05) is 7.05 Å². The van der Waals surface area contributed by atoms with E-state index in [0.717, 1.165) is 22.8 Å². The molecule has 1 aliphatic rings. The van der Waals surface area contributed by atoms with Crippen LogP contribution in [0.3, 0.4) is 0 Å². The van der Waals surface area contributed by atoms with Gasteiger partial charge in [-0.05, 0) is 12.1 Å². The van der Waals surface area contributed by atoms with Crippen molar-refractivity contribution in [2.45, 2.75) is 32.4 Å². The molecule has 0 saturated carbocycles. The van der Waals surface area contributed by atoms with Gasteiger partial charge >= 0.3 is 0 Å². The number of nitrogens with one attached hydrogen (secondary N) is 1. The van der Waals surface area contributed by atoms with Gasteiger partial charge in [-0.25, -0.2) is 0 Å². The topological polar surface area (TPSA) is 62.6 Å². The van der Waals surface area contributed by atoms with Gasteiger partial charge in [0.15, 0.2) is 0 Å². The predicted octanol–water partition coefficient (Wildman–Crippen LogP) is 0.689. The fraction of sp³-hybridized carbons (Fsp3) is 0.500. The molecule has 1 atom stereocenters. The molecule has 0 aliphatic carbocycles. The number of aryl methyl sites for hydroxylation is 1. The minimum atomic E-state index is -0.414. The highest BCUT2D eigenvalue weighted by Gasteiger charge is 2.35. The van der Waals surface area contributed by atoms with Crippen molar-refractivity contribution in [3.05, 3.63) is 23.7 Å². The Morgan fingerprint density at radius 1 is 1.41 bits per heavy atom. The van der Waals surface area contributed by atoms with Crippen molar-refractivity contribution in [3.63, 3.8) is 0 Å². The number of rotatable bonds is 4. The summed E-state index contributed by atoms with van der Waals surface area (Å²) >= 11 is 0. The number of imide groups is 1. The van der Waals surface area contributed by atoms with E-state index in [1.165, 1.54) is 7.05 Å². The third-order valence-electron chi connectivity index (χ3n) is 2.97. The van der Waals surface area contributed by atoms with Crippen LogP contribution in [0.1, 0.15) is 24.9 Å². The monoisotopic (exact) mass is 236 g/mol. The van der Waals surface area contributed by atoms with Crippen molar-refractivity contribution in [1.29, 1.82) is 0 Å². The second kappa shape index (κ2) is 4.71. The van der Waals surface area contributed by atoms with Crippen LogP contribution in [0.4, 0.5) is 0 Å². The van der Waals surface area contributed by atoms with Gasteiger partial charge in [0.1, 0.15) is 11.5 Å². The second-order valence-corrected chi connectivity index (χ2v) is 4.15. The van der Waals surface area contributed by atoms with Crippen molar-refractivity contribution in [2.24, 2.45) is 0 Å². The van der Waals surface area contributed by atoms with Crippen LogP contribution >= 0.6 is 0 Å². The van der Waals surface area contributed by atoms with Crippen LogP contribution < -0.4 is 5.32 Å². The number of hydrogen-bond acceptors (Lipinski definition) is 4. The Balaban J connectivity index is 1.90. The summed E-state index contributed by atoms with van der Waals surface area (Å²) in [4.78, 5) is 24.1. The summed E-state index contributed by atoms with van der Waals surface area (Å²) < 4.78 is 5.51. The number of amides is 2. The molecular formula is C12H16N2O3. The summed E-state index contributed by atoms with van der Waals surface area (Å²) in [7, 11) is 1.51. The Hall–Kier alpha value is -1.62. The Morgan fingerprint density at radius 2 is 2.12 bits per heavy atom. The van der Waals surface area contributed by atoms with E-state index in [2.05, 4.69) is 5.32 Å². The maximum absolute atomic E-state index is 11.6. The molecule has 1 N–H and O–H groups in total. The molecule has 92 valence electrons. The summed E-state index contributed by atoms with van der Waals surface area (Å²) in [6.45, 7) is 2.49. The molecule has 0 spiro atoms. The van der Waals surface area contributed by atoms with E-state index in [4.69, 9.17) is 4.42 Å². The highest BCUT2D eigenvalue weighted by Crippen LogP contribution is 2.13. The molecule has 1 saturated heterocycles. The SMILES string of the molecule is CCc1ccc(CNC2CC(=O)N(C)C2=O)o1. The zero-order valence-corrected chi connectivity index (χ0v) is 10.0. The Labute approximate surface area is 99.8 Å².